The standard InChI is InChI=1S/C15H21NO2/c1-5-15(4,12(2)3)16-14(17)18-11-13-9-7-6-8-10-13/h5-10,12H,1,11H2,2-4H3,(H,16,17)/t15-/m0/s1. The molecule has 1 aromatic carbocycles. The van der Waals surface area contributed by atoms with Gasteiger partial charge in [-0.2, -0.15) is 0 Å². The van der Waals surface area contributed by atoms with E-state index in [1.165, 1.54) is 0 Å². The van der Waals surface area contributed by atoms with Crippen molar-refractivity contribution in [3.63, 3.8) is 0 Å². The molecule has 0 fully saturated rings. The first-order chi connectivity index (χ1) is 8.48. The third-order valence-corrected chi connectivity index (χ3v) is 3.21. The van der Waals surface area contributed by atoms with Gasteiger partial charge in [0.2, 0.25) is 0 Å². The van der Waals surface area contributed by atoms with Crippen LogP contribution in [0.4, 0.5) is 4.79 Å². The fourth-order valence-corrected chi connectivity index (χ4v) is 1.41. The molecule has 0 aliphatic carbocycles. The second-order valence-corrected chi connectivity index (χ2v) is 4.83. The summed E-state index contributed by atoms with van der Waals surface area (Å²) in [5.74, 6) is 0.249. The van der Waals surface area contributed by atoms with E-state index in [0.717, 1.165) is 5.56 Å². The van der Waals surface area contributed by atoms with Gasteiger partial charge in [0.1, 0.15) is 6.61 Å². The summed E-state index contributed by atoms with van der Waals surface area (Å²) in [5, 5.41) is 2.83. The van der Waals surface area contributed by atoms with E-state index in [9.17, 15) is 4.79 Å². The van der Waals surface area contributed by atoms with Crippen LogP contribution < -0.4 is 5.32 Å². The fraction of sp³-hybridized carbons (Fsp3) is 0.400. The van der Waals surface area contributed by atoms with E-state index in [0.29, 0.717) is 0 Å². The van der Waals surface area contributed by atoms with E-state index in [-0.39, 0.29) is 12.5 Å². The van der Waals surface area contributed by atoms with E-state index in [2.05, 4.69) is 11.9 Å². The highest BCUT2D eigenvalue weighted by Gasteiger charge is 2.27. The second kappa shape index (κ2) is 6.24. The highest BCUT2D eigenvalue weighted by molar-refractivity contribution is 5.68. The van der Waals surface area contributed by atoms with E-state index < -0.39 is 11.6 Å². The first-order valence-electron chi connectivity index (χ1n) is 6.10. The molecule has 1 rings (SSSR count). The van der Waals surface area contributed by atoms with Crippen molar-refractivity contribution in [3.8, 4) is 0 Å². The Morgan fingerprint density at radius 3 is 2.56 bits per heavy atom. The molecule has 3 heteroatoms. The van der Waals surface area contributed by atoms with Crippen molar-refractivity contribution in [1.82, 2.24) is 5.32 Å². The third kappa shape index (κ3) is 3.91. The van der Waals surface area contributed by atoms with Crippen LogP contribution in [0.1, 0.15) is 26.3 Å². The number of amides is 1. The molecule has 0 saturated carbocycles. The zero-order chi connectivity index (χ0) is 13.6. The Hall–Kier alpha value is -1.77. The topological polar surface area (TPSA) is 38.3 Å². The fourth-order valence-electron chi connectivity index (χ4n) is 1.41. The highest BCUT2D eigenvalue weighted by atomic mass is 16.5. The van der Waals surface area contributed by atoms with Crippen molar-refractivity contribution in [2.45, 2.75) is 32.9 Å². The Labute approximate surface area is 109 Å². The Bertz CT molecular complexity index is 400. The minimum atomic E-state index is -0.451. The number of alkyl carbamates (subject to hydrolysis) is 1. The van der Waals surface area contributed by atoms with Gasteiger partial charge >= 0.3 is 6.09 Å². The molecular formula is C15H21NO2. The maximum atomic E-state index is 11.7. The van der Waals surface area contributed by atoms with E-state index >= 15 is 0 Å². The minimum absolute atomic E-state index is 0.249. The van der Waals surface area contributed by atoms with Gasteiger partial charge in [-0.1, -0.05) is 50.3 Å². The Morgan fingerprint density at radius 1 is 1.44 bits per heavy atom. The van der Waals surface area contributed by atoms with Crippen LogP contribution >= 0.6 is 0 Å². The Kier molecular flexibility index (Phi) is 4.95. The summed E-state index contributed by atoms with van der Waals surface area (Å²) < 4.78 is 5.18. The number of ether oxygens (including phenoxy) is 1. The monoisotopic (exact) mass is 247 g/mol. The van der Waals surface area contributed by atoms with Crippen LogP contribution in [0.25, 0.3) is 0 Å². The van der Waals surface area contributed by atoms with Crippen LogP contribution in [0.5, 0.6) is 0 Å². The van der Waals surface area contributed by atoms with E-state index in [1.54, 1.807) is 6.08 Å². The van der Waals surface area contributed by atoms with Gasteiger partial charge in [0.15, 0.2) is 0 Å². The molecule has 0 spiro atoms. The van der Waals surface area contributed by atoms with Gasteiger partial charge in [0.25, 0.3) is 0 Å². The molecule has 1 aromatic rings. The predicted molar refractivity (Wildman–Crippen MR) is 73.2 cm³/mol. The number of benzene rings is 1. The van der Waals surface area contributed by atoms with Crippen molar-refractivity contribution in [2.75, 3.05) is 0 Å². The van der Waals surface area contributed by atoms with E-state index in [4.69, 9.17) is 4.74 Å². The Morgan fingerprint density at radius 2 is 2.06 bits per heavy atom. The molecule has 98 valence electrons. The molecule has 1 N–H and O–H groups in total. The van der Waals surface area contributed by atoms with E-state index in [1.807, 2.05) is 51.1 Å². The summed E-state index contributed by atoms with van der Waals surface area (Å²) in [5.41, 5.74) is 0.519. The lowest BCUT2D eigenvalue weighted by Crippen LogP contribution is -2.48. The number of rotatable bonds is 5. The normalized spacial score (nSPS) is 13.8. The molecule has 3 nitrogen and oxygen atoms in total. The van der Waals surface area contributed by atoms with Gasteiger partial charge in [-0.15, -0.1) is 6.58 Å². The van der Waals surface area contributed by atoms with Crippen molar-refractivity contribution in [1.29, 1.82) is 0 Å². The lowest BCUT2D eigenvalue weighted by Gasteiger charge is -2.30. The molecule has 0 bridgehead atoms. The summed E-state index contributed by atoms with van der Waals surface area (Å²) >= 11 is 0. The number of carbonyl (C=O) groups is 1. The van der Waals surface area contributed by atoms with Gasteiger partial charge in [-0.05, 0) is 18.4 Å². The summed E-state index contributed by atoms with van der Waals surface area (Å²) in [7, 11) is 0. The molecule has 0 heterocycles. The van der Waals surface area contributed by atoms with Gasteiger partial charge < -0.3 is 10.1 Å². The van der Waals surface area contributed by atoms with Crippen molar-refractivity contribution >= 4 is 6.09 Å². The Balaban J connectivity index is 2.49. The highest BCUT2D eigenvalue weighted by Crippen LogP contribution is 2.17. The van der Waals surface area contributed by atoms with Crippen LogP contribution in [0.2, 0.25) is 0 Å². The maximum absolute atomic E-state index is 11.7. The molecule has 0 aliphatic rings. The first-order valence-corrected chi connectivity index (χ1v) is 6.10. The van der Waals surface area contributed by atoms with Crippen LogP contribution in [0.3, 0.4) is 0 Å². The number of nitrogens with one attached hydrogen (secondary N) is 1. The summed E-state index contributed by atoms with van der Waals surface area (Å²) in [6.45, 7) is 10.0. The zero-order valence-corrected chi connectivity index (χ0v) is 11.3. The van der Waals surface area contributed by atoms with Crippen molar-refractivity contribution in [3.05, 3.63) is 48.6 Å². The van der Waals surface area contributed by atoms with Crippen molar-refractivity contribution in [2.24, 2.45) is 5.92 Å². The molecule has 18 heavy (non-hydrogen) atoms. The summed E-state index contributed by atoms with van der Waals surface area (Å²) in [6, 6.07) is 9.60. The molecule has 0 aliphatic heterocycles. The second-order valence-electron chi connectivity index (χ2n) is 4.83. The van der Waals surface area contributed by atoms with Crippen LogP contribution in [0.15, 0.2) is 43.0 Å². The first kappa shape index (κ1) is 14.3. The molecular weight excluding hydrogens is 226 g/mol. The average molecular weight is 247 g/mol. The summed E-state index contributed by atoms with van der Waals surface area (Å²) in [4.78, 5) is 11.7. The molecule has 1 amide bonds. The molecule has 0 unspecified atom stereocenters. The molecule has 0 saturated heterocycles. The lowest BCUT2D eigenvalue weighted by molar-refractivity contribution is 0.127. The quantitative estimate of drug-likeness (QED) is 0.808. The molecule has 0 aromatic heterocycles. The smallest absolute Gasteiger partial charge is 0.408 e. The van der Waals surface area contributed by atoms with Crippen LogP contribution in [0, 0.1) is 5.92 Å². The SMILES string of the molecule is C=C[C@](C)(NC(=O)OCc1ccccc1)C(C)C. The third-order valence-electron chi connectivity index (χ3n) is 3.21. The van der Waals surface area contributed by atoms with Crippen LogP contribution in [-0.2, 0) is 11.3 Å². The van der Waals surface area contributed by atoms with Gasteiger partial charge in [0.05, 0.1) is 5.54 Å². The number of hydrogen-bond donors (Lipinski definition) is 1. The predicted octanol–water partition coefficient (Wildman–Crippen LogP) is 3.51. The maximum Gasteiger partial charge on any atom is 0.408 e. The van der Waals surface area contributed by atoms with Gasteiger partial charge in [0, 0.05) is 0 Å². The molecule has 1 atom stereocenters. The van der Waals surface area contributed by atoms with Gasteiger partial charge in [-0.25, -0.2) is 4.79 Å². The molecule has 0 radical (unpaired) electrons. The summed E-state index contributed by atoms with van der Waals surface area (Å²) in [6.07, 6.45) is 1.32. The van der Waals surface area contributed by atoms with Crippen LogP contribution in [-0.4, -0.2) is 11.6 Å². The zero-order valence-electron chi connectivity index (χ0n) is 11.3. The number of hydrogen-bond acceptors (Lipinski definition) is 2. The largest absolute Gasteiger partial charge is 0.445 e. The minimum Gasteiger partial charge on any atom is -0.445 e. The average Bonchev–Trinajstić information content (AvgIpc) is 2.37. The van der Waals surface area contributed by atoms with Crippen molar-refractivity contribution < 1.29 is 9.53 Å². The van der Waals surface area contributed by atoms with Gasteiger partial charge in [-0.3, -0.25) is 0 Å². The lowest BCUT2D eigenvalue weighted by atomic mass is 9.89. The number of carbonyl (C=O) groups excluding carboxylic acids is 1.